The van der Waals surface area contributed by atoms with Gasteiger partial charge in [0.1, 0.15) is 0 Å². The molecule has 23 heavy (non-hydrogen) atoms. The lowest BCUT2D eigenvalue weighted by Gasteiger charge is -2.18. The van der Waals surface area contributed by atoms with Gasteiger partial charge in [-0.05, 0) is 43.7 Å². The van der Waals surface area contributed by atoms with Gasteiger partial charge >= 0.3 is 0 Å². The average Bonchev–Trinajstić information content (AvgIpc) is 2.61. The predicted molar refractivity (Wildman–Crippen MR) is 91.3 cm³/mol. The second kappa shape index (κ2) is 8.13. The van der Waals surface area contributed by atoms with Gasteiger partial charge in [-0.15, -0.1) is 0 Å². The first-order chi connectivity index (χ1) is 11.2. The third kappa shape index (κ3) is 4.42. The number of carbonyl (C=O) groups excluding carboxylic acids is 2. The smallest absolute Gasteiger partial charge is 0.253 e. The summed E-state index contributed by atoms with van der Waals surface area (Å²) in [6, 6.07) is 16.5. The third-order valence-corrected chi connectivity index (χ3v) is 3.74. The van der Waals surface area contributed by atoms with Gasteiger partial charge in [0.05, 0.1) is 0 Å². The van der Waals surface area contributed by atoms with E-state index >= 15 is 0 Å². The van der Waals surface area contributed by atoms with E-state index in [0.29, 0.717) is 30.8 Å². The minimum Gasteiger partial charge on any atom is -0.348 e. The molecule has 2 aromatic rings. The molecule has 2 aromatic carbocycles. The Morgan fingerprint density at radius 2 is 1.43 bits per heavy atom. The van der Waals surface area contributed by atoms with Crippen LogP contribution in [0, 0.1) is 0 Å². The van der Waals surface area contributed by atoms with E-state index in [1.165, 1.54) is 0 Å². The second-order valence-corrected chi connectivity index (χ2v) is 5.22. The van der Waals surface area contributed by atoms with Crippen LogP contribution in [0.15, 0.2) is 54.6 Å². The maximum absolute atomic E-state index is 12.2. The Balaban J connectivity index is 1.98. The molecule has 2 amide bonds. The first-order valence-corrected chi connectivity index (χ1v) is 7.87. The molecule has 0 unspecified atom stereocenters. The predicted octanol–water partition coefficient (Wildman–Crippen LogP) is 3.10. The maximum Gasteiger partial charge on any atom is 0.253 e. The summed E-state index contributed by atoms with van der Waals surface area (Å²) in [5.74, 6) is -0.151. The molecule has 0 saturated carbocycles. The molecule has 0 aromatic heterocycles. The molecule has 2 rings (SSSR count). The van der Waals surface area contributed by atoms with Gasteiger partial charge in [0.25, 0.3) is 11.8 Å². The number of carbonyl (C=O) groups is 2. The number of hydrogen-bond acceptors (Lipinski definition) is 2. The van der Waals surface area contributed by atoms with E-state index in [1.807, 2.05) is 44.2 Å². The van der Waals surface area contributed by atoms with Crippen molar-refractivity contribution in [2.75, 3.05) is 13.1 Å². The van der Waals surface area contributed by atoms with Crippen LogP contribution in [0.1, 0.15) is 40.1 Å². The Morgan fingerprint density at radius 3 is 2.00 bits per heavy atom. The zero-order valence-electron chi connectivity index (χ0n) is 13.6. The van der Waals surface area contributed by atoms with Crippen LogP contribution in [0.2, 0.25) is 0 Å². The van der Waals surface area contributed by atoms with Crippen LogP contribution >= 0.6 is 0 Å². The normalized spacial score (nSPS) is 10.2. The fraction of sp³-hybridized carbons (Fsp3) is 0.263. The van der Waals surface area contributed by atoms with Crippen LogP contribution in [0.3, 0.4) is 0 Å². The van der Waals surface area contributed by atoms with E-state index in [2.05, 4.69) is 5.32 Å². The van der Waals surface area contributed by atoms with Crippen LogP contribution in [0.25, 0.3) is 0 Å². The quantitative estimate of drug-likeness (QED) is 0.891. The Kier molecular flexibility index (Phi) is 5.92. The molecule has 0 fully saturated rings. The highest BCUT2D eigenvalue weighted by atomic mass is 16.2. The van der Waals surface area contributed by atoms with Gasteiger partial charge in [-0.3, -0.25) is 9.59 Å². The molecule has 120 valence electrons. The van der Waals surface area contributed by atoms with Crippen LogP contribution in [0.4, 0.5) is 0 Å². The Bertz CT molecular complexity index is 647. The SMILES string of the molecule is CCN(CC)C(=O)c1ccc(C(=O)NCc2ccccc2)cc1. The fourth-order valence-electron chi connectivity index (χ4n) is 2.34. The largest absolute Gasteiger partial charge is 0.348 e. The molecule has 0 aliphatic carbocycles. The van der Waals surface area contributed by atoms with Gasteiger partial charge in [-0.25, -0.2) is 0 Å². The molecule has 4 heteroatoms. The average molecular weight is 310 g/mol. The molecular formula is C19H22N2O2. The summed E-state index contributed by atoms with van der Waals surface area (Å²) in [7, 11) is 0. The summed E-state index contributed by atoms with van der Waals surface area (Å²) in [5, 5.41) is 2.87. The molecule has 0 heterocycles. The summed E-state index contributed by atoms with van der Waals surface area (Å²) >= 11 is 0. The monoisotopic (exact) mass is 310 g/mol. The lowest BCUT2D eigenvalue weighted by molar-refractivity contribution is 0.0772. The van der Waals surface area contributed by atoms with Crippen molar-refractivity contribution < 1.29 is 9.59 Å². The highest BCUT2D eigenvalue weighted by Crippen LogP contribution is 2.08. The second-order valence-electron chi connectivity index (χ2n) is 5.22. The molecule has 0 saturated heterocycles. The number of amides is 2. The summed E-state index contributed by atoms with van der Waals surface area (Å²) in [4.78, 5) is 26.1. The fourth-order valence-corrected chi connectivity index (χ4v) is 2.34. The van der Waals surface area contributed by atoms with Gasteiger partial charge < -0.3 is 10.2 Å². The topological polar surface area (TPSA) is 49.4 Å². The van der Waals surface area contributed by atoms with Gasteiger partial charge in [-0.2, -0.15) is 0 Å². The van der Waals surface area contributed by atoms with Crippen molar-refractivity contribution in [2.24, 2.45) is 0 Å². The Labute approximate surface area is 137 Å². The van der Waals surface area contributed by atoms with Crippen molar-refractivity contribution in [3.63, 3.8) is 0 Å². The zero-order valence-corrected chi connectivity index (χ0v) is 13.6. The lowest BCUT2D eigenvalue weighted by atomic mass is 10.1. The van der Waals surface area contributed by atoms with Crippen molar-refractivity contribution in [3.05, 3.63) is 71.3 Å². The lowest BCUT2D eigenvalue weighted by Crippen LogP contribution is -2.30. The molecule has 0 radical (unpaired) electrons. The van der Waals surface area contributed by atoms with E-state index in [4.69, 9.17) is 0 Å². The summed E-state index contributed by atoms with van der Waals surface area (Å²) in [5.41, 5.74) is 2.21. The first-order valence-electron chi connectivity index (χ1n) is 7.87. The third-order valence-electron chi connectivity index (χ3n) is 3.74. The van der Waals surface area contributed by atoms with Gasteiger partial charge in [0.15, 0.2) is 0 Å². The molecule has 0 bridgehead atoms. The number of hydrogen-bond donors (Lipinski definition) is 1. The minimum atomic E-state index is -0.143. The molecule has 0 aliphatic rings. The molecule has 0 atom stereocenters. The van der Waals surface area contributed by atoms with Crippen molar-refractivity contribution >= 4 is 11.8 Å². The molecule has 1 N–H and O–H groups in total. The Morgan fingerprint density at radius 1 is 0.870 bits per heavy atom. The zero-order chi connectivity index (χ0) is 16.7. The first kappa shape index (κ1) is 16.7. The number of rotatable bonds is 6. The van der Waals surface area contributed by atoms with Gasteiger partial charge in [0.2, 0.25) is 0 Å². The standard InChI is InChI=1S/C19H22N2O2/c1-3-21(4-2)19(23)17-12-10-16(11-13-17)18(22)20-14-15-8-6-5-7-9-15/h5-13H,3-4,14H2,1-2H3,(H,20,22). The molecule has 0 spiro atoms. The van der Waals surface area contributed by atoms with E-state index in [-0.39, 0.29) is 11.8 Å². The highest BCUT2D eigenvalue weighted by Gasteiger charge is 2.13. The van der Waals surface area contributed by atoms with Crippen LogP contribution in [0.5, 0.6) is 0 Å². The highest BCUT2D eigenvalue weighted by molar-refractivity contribution is 5.97. The van der Waals surface area contributed by atoms with Crippen molar-refractivity contribution in [1.29, 1.82) is 0 Å². The van der Waals surface area contributed by atoms with Gasteiger partial charge in [-0.1, -0.05) is 30.3 Å². The minimum absolute atomic E-state index is 0.00811. The number of benzene rings is 2. The summed E-state index contributed by atoms with van der Waals surface area (Å²) < 4.78 is 0. The molecule has 0 aliphatic heterocycles. The van der Waals surface area contributed by atoms with Crippen LogP contribution < -0.4 is 5.32 Å². The Hall–Kier alpha value is -2.62. The summed E-state index contributed by atoms with van der Waals surface area (Å²) in [6.07, 6.45) is 0. The van der Waals surface area contributed by atoms with Gasteiger partial charge in [0, 0.05) is 30.8 Å². The molecule has 4 nitrogen and oxygen atoms in total. The van der Waals surface area contributed by atoms with Crippen LogP contribution in [-0.2, 0) is 6.54 Å². The van der Waals surface area contributed by atoms with Crippen molar-refractivity contribution in [2.45, 2.75) is 20.4 Å². The van der Waals surface area contributed by atoms with Crippen LogP contribution in [-0.4, -0.2) is 29.8 Å². The summed E-state index contributed by atoms with van der Waals surface area (Å²) in [6.45, 7) is 5.74. The number of nitrogens with one attached hydrogen (secondary N) is 1. The van der Waals surface area contributed by atoms with E-state index in [1.54, 1.807) is 29.2 Å². The van der Waals surface area contributed by atoms with E-state index in [9.17, 15) is 9.59 Å². The number of nitrogens with zero attached hydrogens (tertiary/aromatic N) is 1. The molecular weight excluding hydrogens is 288 g/mol. The van der Waals surface area contributed by atoms with E-state index in [0.717, 1.165) is 5.56 Å². The van der Waals surface area contributed by atoms with Crippen molar-refractivity contribution in [3.8, 4) is 0 Å². The van der Waals surface area contributed by atoms with E-state index < -0.39 is 0 Å². The van der Waals surface area contributed by atoms with Crippen molar-refractivity contribution in [1.82, 2.24) is 10.2 Å². The maximum atomic E-state index is 12.2.